The number of aliphatic hydroxyl groups excluding tert-OH is 2. The Morgan fingerprint density at radius 2 is 1.00 bits per heavy atom. The van der Waals surface area contributed by atoms with Crippen molar-refractivity contribution in [3.05, 3.63) is 24.3 Å². The molecule has 14 heteroatoms. The van der Waals surface area contributed by atoms with Crippen molar-refractivity contribution in [3.8, 4) is 0 Å². The predicted molar refractivity (Wildman–Crippen MR) is 91.3 cm³/mol. The van der Waals surface area contributed by atoms with E-state index < -0.39 is 40.6 Å². The number of aliphatic carboxylic acids is 4. The second kappa shape index (κ2) is 23.9. The van der Waals surface area contributed by atoms with Gasteiger partial charge < -0.3 is 31.4 Å². The third kappa shape index (κ3) is 38.5. The maximum atomic E-state index is 9.87. The first kappa shape index (κ1) is 39.8. The molecular formula is C12H22In2O12. The van der Waals surface area contributed by atoms with Crippen LogP contribution in [0.15, 0.2) is 24.3 Å². The average Bonchev–Trinajstić information content (AvgIpc) is 2.38. The Hall–Kier alpha value is -1.06. The summed E-state index contributed by atoms with van der Waals surface area (Å²) < 4.78 is -0.430. The van der Waals surface area contributed by atoms with Gasteiger partial charge in [0.15, 0.2) is 0 Å². The van der Waals surface area contributed by atoms with Crippen LogP contribution in [0.5, 0.6) is 0 Å². The topological polar surface area (TPSA) is 253 Å². The van der Waals surface area contributed by atoms with Crippen molar-refractivity contribution >= 4 is 74.1 Å². The fourth-order valence-electron chi connectivity index (χ4n) is 0.516. The van der Waals surface area contributed by atoms with E-state index in [9.17, 15) is 19.2 Å². The van der Waals surface area contributed by atoms with Crippen LogP contribution in [0.3, 0.4) is 0 Å². The third-order valence-corrected chi connectivity index (χ3v) is 2.12. The fourth-order valence-corrected chi connectivity index (χ4v) is 0.516. The van der Waals surface area contributed by atoms with Crippen LogP contribution in [0.25, 0.3) is 0 Å². The van der Waals surface area contributed by atoms with Gasteiger partial charge >= 0.3 is 94.8 Å². The number of rotatable bonds is 7. The van der Waals surface area contributed by atoms with E-state index in [4.69, 9.17) is 30.6 Å². The molecule has 0 unspecified atom stereocenters. The summed E-state index contributed by atoms with van der Waals surface area (Å²) in [5.74, 6) is -4.89. The number of carboxylic acid groups (broad SMARTS) is 4. The van der Waals surface area contributed by atoms with Gasteiger partial charge in [-0.25, -0.2) is 9.59 Å². The second-order valence-corrected chi connectivity index (χ2v) is 5.90. The first-order chi connectivity index (χ1) is 10.3. The number of carbonyl (C=O) groups is 4. The zero-order chi connectivity index (χ0) is 19.2. The molecule has 0 aromatic carbocycles. The average molecular weight is 588 g/mol. The quantitative estimate of drug-likeness (QED) is 0.159. The summed E-state index contributed by atoms with van der Waals surface area (Å²) in [5, 5.41) is 48.2. The first-order valence-electron chi connectivity index (χ1n) is 5.65. The summed E-state index contributed by atoms with van der Waals surface area (Å²) in [6.07, 6.45) is -1.01. The number of hydrogen-bond donors (Lipinski definition) is 6. The fraction of sp³-hybridized carbons (Fsp3) is 0.333. The van der Waals surface area contributed by atoms with Crippen molar-refractivity contribution < 1.29 is 60.8 Å². The molecule has 0 aliphatic carbocycles. The molecule has 4 radical (unpaired) electrons. The summed E-state index contributed by atoms with van der Waals surface area (Å²) in [6.45, 7) is 5.95. The maximum absolute atomic E-state index is 9.87. The molecule has 1 atom stereocenters. The van der Waals surface area contributed by atoms with Crippen LogP contribution in [0, 0.1) is 0 Å². The van der Waals surface area contributed by atoms with E-state index >= 15 is 0 Å². The van der Waals surface area contributed by atoms with E-state index in [-0.39, 0.29) is 54.5 Å². The molecule has 12 nitrogen and oxygen atoms in total. The van der Waals surface area contributed by atoms with Gasteiger partial charge in [0.05, 0.1) is 12.8 Å². The van der Waals surface area contributed by atoms with E-state index in [0.29, 0.717) is 0 Å². The van der Waals surface area contributed by atoms with Crippen LogP contribution in [0.1, 0.15) is 12.8 Å². The first-order valence-corrected chi connectivity index (χ1v) is 7.55. The van der Waals surface area contributed by atoms with Gasteiger partial charge in [-0.05, 0) is 0 Å². The van der Waals surface area contributed by atoms with Crippen molar-refractivity contribution in [3.63, 3.8) is 0 Å². The third-order valence-electron chi connectivity index (χ3n) is 1.52. The SMILES string of the molecule is C=C(CC(=O)O)C(=O)O.C=C(CC(=O)O)C(=O)O.O.O.OC[C@@H](O)[In].[InH]. The standard InChI is InChI=1S/2C5H6O4.C2H5O2.2In.2H2O.H/c2*1-3(5(8)9)2-4(6)7;3-1-2-4;;;;;/h2*1-2H2,(H,6,7)(H,8,9);1,3-4H,2H2;;;2*1H2;. The molecule has 0 aromatic heterocycles. The van der Waals surface area contributed by atoms with Gasteiger partial charge in [-0.2, -0.15) is 0 Å². The molecule has 148 valence electrons. The van der Waals surface area contributed by atoms with Crippen LogP contribution in [-0.4, -0.2) is 126 Å². The Kier molecular flexibility index (Phi) is 36.7. The molecule has 0 aromatic rings. The minimum atomic E-state index is -1.27. The molecule has 26 heavy (non-hydrogen) atoms. The Balaban J connectivity index is -0.0000000566. The molecule has 10 N–H and O–H groups in total. The van der Waals surface area contributed by atoms with Crippen LogP contribution < -0.4 is 0 Å². The van der Waals surface area contributed by atoms with Gasteiger partial charge in [-0.1, -0.05) is 13.2 Å². The van der Waals surface area contributed by atoms with Crippen LogP contribution >= 0.6 is 0 Å². The normalized spacial score (nSPS) is 8.69. The van der Waals surface area contributed by atoms with Crippen LogP contribution in [-0.2, 0) is 19.2 Å². The van der Waals surface area contributed by atoms with Crippen molar-refractivity contribution in [2.75, 3.05) is 6.61 Å². The number of carboxylic acids is 4. The van der Waals surface area contributed by atoms with E-state index in [1.807, 2.05) is 0 Å². The van der Waals surface area contributed by atoms with Gasteiger partial charge in [0.2, 0.25) is 0 Å². The van der Waals surface area contributed by atoms with Gasteiger partial charge in [0.1, 0.15) is 0 Å². The number of aliphatic hydroxyl groups is 2. The molecule has 0 heterocycles. The van der Waals surface area contributed by atoms with Crippen LogP contribution in [0.2, 0.25) is 0 Å². The monoisotopic (exact) mass is 588 g/mol. The van der Waals surface area contributed by atoms with E-state index in [2.05, 4.69) is 13.2 Å². The molecule has 0 spiro atoms. The minimum absolute atomic E-state index is 0. The molecule has 0 bridgehead atoms. The molecule has 0 fully saturated rings. The Bertz CT molecular complexity index is 423. The molecular weight excluding hydrogens is 566 g/mol. The van der Waals surface area contributed by atoms with Gasteiger partial charge in [0.25, 0.3) is 0 Å². The Labute approximate surface area is 181 Å². The van der Waals surface area contributed by atoms with Crippen molar-refractivity contribution in [2.24, 2.45) is 0 Å². The number of hydrogen-bond acceptors (Lipinski definition) is 6. The molecule has 0 rings (SSSR count). The van der Waals surface area contributed by atoms with Crippen molar-refractivity contribution in [1.82, 2.24) is 0 Å². The molecule has 0 saturated carbocycles. The summed E-state index contributed by atoms with van der Waals surface area (Å²) in [7, 11) is 0. The molecule has 0 saturated heterocycles. The van der Waals surface area contributed by atoms with E-state index in [1.54, 1.807) is 0 Å². The predicted octanol–water partition coefficient (Wildman–Crippen LogP) is -3.63. The summed E-state index contributed by atoms with van der Waals surface area (Å²) in [6, 6.07) is 0. The summed E-state index contributed by atoms with van der Waals surface area (Å²) >= 11 is 0.730. The zero-order valence-electron chi connectivity index (χ0n) is 13.7. The zero-order valence-corrected chi connectivity index (χ0v) is 21.0. The van der Waals surface area contributed by atoms with Crippen molar-refractivity contribution in [1.29, 1.82) is 0 Å². The molecule has 0 aliphatic rings. The van der Waals surface area contributed by atoms with Gasteiger partial charge in [0, 0.05) is 11.1 Å². The van der Waals surface area contributed by atoms with Crippen molar-refractivity contribution in [2.45, 2.75) is 16.7 Å². The molecule has 0 aliphatic heterocycles. The molecule has 0 amide bonds. The van der Waals surface area contributed by atoms with E-state index in [1.165, 1.54) is 0 Å². The Morgan fingerprint density at radius 1 is 0.808 bits per heavy atom. The van der Waals surface area contributed by atoms with Crippen LogP contribution in [0.4, 0.5) is 0 Å². The summed E-state index contributed by atoms with van der Waals surface area (Å²) in [4.78, 5) is 39.3. The summed E-state index contributed by atoms with van der Waals surface area (Å²) in [5.41, 5.74) is -0.606. The Morgan fingerprint density at radius 3 is 1.04 bits per heavy atom. The van der Waals surface area contributed by atoms with Gasteiger partial charge in [-0.15, -0.1) is 0 Å². The van der Waals surface area contributed by atoms with E-state index in [0.717, 1.165) is 24.4 Å². The van der Waals surface area contributed by atoms with Gasteiger partial charge in [-0.3, -0.25) is 9.59 Å². The second-order valence-electron chi connectivity index (χ2n) is 3.71.